The number of nitrogens with two attached hydrogens (primary N) is 1. The van der Waals surface area contributed by atoms with Crippen molar-refractivity contribution < 1.29 is 0 Å². The molecular weight excluding hydrogens is 266 g/mol. The van der Waals surface area contributed by atoms with E-state index in [0.29, 0.717) is 0 Å². The van der Waals surface area contributed by atoms with E-state index >= 15 is 0 Å². The Morgan fingerprint density at radius 2 is 2.00 bits per heavy atom. The van der Waals surface area contributed by atoms with Gasteiger partial charge < -0.3 is 5.73 Å². The molecule has 2 heterocycles. The van der Waals surface area contributed by atoms with Gasteiger partial charge in [0, 0.05) is 22.7 Å². The molecule has 2 N–H and O–H groups in total. The van der Waals surface area contributed by atoms with Crippen molar-refractivity contribution in [2.45, 2.75) is 25.8 Å². The lowest BCUT2D eigenvalue weighted by Crippen LogP contribution is -2.14. The van der Waals surface area contributed by atoms with Crippen molar-refractivity contribution in [1.82, 2.24) is 9.97 Å². The lowest BCUT2D eigenvalue weighted by Gasteiger charge is -2.11. The van der Waals surface area contributed by atoms with Crippen LogP contribution in [0, 0.1) is 0 Å². The predicted octanol–water partition coefficient (Wildman–Crippen LogP) is 3.50. The minimum atomic E-state index is -0.0284. The van der Waals surface area contributed by atoms with Gasteiger partial charge in [-0.1, -0.05) is 37.3 Å². The number of aryl methyl sites for hydroxylation is 1. The molecular formula is C16H17N3S. The molecule has 0 saturated heterocycles. The van der Waals surface area contributed by atoms with Crippen LogP contribution in [0.1, 0.15) is 29.1 Å². The molecule has 2 aromatic heterocycles. The minimum absolute atomic E-state index is 0.0284. The Bertz CT molecular complexity index is 706. The summed E-state index contributed by atoms with van der Waals surface area (Å²) in [5.41, 5.74) is 8.49. The average molecular weight is 283 g/mol. The number of benzene rings is 1. The van der Waals surface area contributed by atoms with Gasteiger partial charge in [0.15, 0.2) is 0 Å². The van der Waals surface area contributed by atoms with Crippen LogP contribution in [0.5, 0.6) is 0 Å². The van der Waals surface area contributed by atoms with E-state index in [1.807, 2.05) is 18.2 Å². The van der Waals surface area contributed by atoms with Gasteiger partial charge in [0.1, 0.15) is 11.2 Å². The lowest BCUT2D eigenvalue weighted by molar-refractivity contribution is 0.710. The number of rotatable bonds is 4. The van der Waals surface area contributed by atoms with Crippen molar-refractivity contribution in [1.29, 1.82) is 0 Å². The largest absolute Gasteiger partial charge is 0.324 e. The van der Waals surface area contributed by atoms with Gasteiger partial charge in [0.25, 0.3) is 0 Å². The molecule has 0 aliphatic heterocycles. The normalized spacial score (nSPS) is 12.7. The molecule has 4 heteroatoms. The average Bonchev–Trinajstić information content (AvgIpc) is 2.92. The third-order valence-electron chi connectivity index (χ3n) is 3.45. The monoisotopic (exact) mass is 283 g/mol. The van der Waals surface area contributed by atoms with Gasteiger partial charge in [0.2, 0.25) is 0 Å². The van der Waals surface area contributed by atoms with E-state index in [2.05, 4.69) is 35.1 Å². The molecule has 1 unspecified atom stereocenters. The van der Waals surface area contributed by atoms with Gasteiger partial charge >= 0.3 is 0 Å². The van der Waals surface area contributed by atoms with Gasteiger partial charge in [0.05, 0.1) is 5.69 Å². The van der Waals surface area contributed by atoms with Crippen molar-refractivity contribution in [3.8, 4) is 0 Å². The summed E-state index contributed by atoms with van der Waals surface area (Å²) >= 11 is 1.74. The number of hydrogen-bond acceptors (Lipinski definition) is 4. The SMILES string of the molecule is CCc1cc2c(CC(N)c3ccccc3)ncnc2s1. The zero-order valence-corrected chi connectivity index (χ0v) is 12.2. The fourth-order valence-electron chi connectivity index (χ4n) is 2.32. The van der Waals surface area contributed by atoms with Crippen LogP contribution in [0.2, 0.25) is 0 Å². The van der Waals surface area contributed by atoms with E-state index in [9.17, 15) is 0 Å². The molecule has 1 atom stereocenters. The summed E-state index contributed by atoms with van der Waals surface area (Å²) in [6.45, 7) is 2.16. The van der Waals surface area contributed by atoms with Gasteiger partial charge in [-0.3, -0.25) is 0 Å². The molecule has 1 aromatic carbocycles. The van der Waals surface area contributed by atoms with Crippen LogP contribution < -0.4 is 5.73 Å². The highest BCUT2D eigenvalue weighted by Crippen LogP contribution is 2.27. The number of aromatic nitrogens is 2. The maximum absolute atomic E-state index is 6.30. The lowest BCUT2D eigenvalue weighted by atomic mass is 10.0. The molecule has 3 rings (SSSR count). The van der Waals surface area contributed by atoms with Crippen molar-refractivity contribution in [3.63, 3.8) is 0 Å². The third-order valence-corrected chi connectivity index (χ3v) is 4.64. The first-order valence-electron chi connectivity index (χ1n) is 6.80. The molecule has 0 aliphatic rings. The maximum Gasteiger partial charge on any atom is 0.127 e. The molecule has 0 radical (unpaired) electrons. The van der Waals surface area contributed by atoms with Gasteiger partial charge in [-0.25, -0.2) is 9.97 Å². The van der Waals surface area contributed by atoms with Crippen LogP contribution >= 0.6 is 11.3 Å². The van der Waals surface area contributed by atoms with E-state index in [1.165, 1.54) is 4.88 Å². The second-order valence-corrected chi connectivity index (χ2v) is 5.94. The molecule has 3 aromatic rings. The summed E-state index contributed by atoms with van der Waals surface area (Å²) in [5, 5.41) is 1.15. The molecule has 102 valence electrons. The fraction of sp³-hybridized carbons (Fsp3) is 0.250. The highest BCUT2D eigenvalue weighted by Gasteiger charge is 2.12. The summed E-state index contributed by atoms with van der Waals surface area (Å²) in [6.07, 6.45) is 3.42. The van der Waals surface area contributed by atoms with Gasteiger partial charge in [-0.15, -0.1) is 11.3 Å². The number of fused-ring (bicyclic) bond motifs is 1. The van der Waals surface area contributed by atoms with Crippen LogP contribution in [-0.4, -0.2) is 9.97 Å². The van der Waals surface area contributed by atoms with Crippen LogP contribution in [-0.2, 0) is 12.8 Å². The molecule has 0 saturated carbocycles. The zero-order valence-electron chi connectivity index (χ0n) is 11.4. The second-order valence-electron chi connectivity index (χ2n) is 4.83. The van der Waals surface area contributed by atoms with Gasteiger partial charge in [-0.05, 0) is 18.1 Å². The zero-order chi connectivity index (χ0) is 13.9. The van der Waals surface area contributed by atoms with E-state index in [1.54, 1.807) is 17.7 Å². The number of hydrogen-bond donors (Lipinski definition) is 1. The standard InChI is InChI=1S/C16H17N3S/c1-2-12-8-13-15(18-10-19-16(13)20-12)9-14(17)11-6-4-3-5-7-11/h3-8,10,14H,2,9,17H2,1H3. The summed E-state index contributed by atoms with van der Waals surface area (Å²) in [7, 11) is 0. The summed E-state index contributed by atoms with van der Waals surface area (Å²) < 4.78 is 0. The van der Waals surface area contributed by atoms with Crippen LogP contribution in [0.3, 0.4) is 0 Å². The van der Waals surface area contributed by atoms with Crippen molar-refractivity contribution in [3.05, 3.63) is 58.9 Å². The molecule has 0 amide bonds. The van der Waals surface area contributed by atoms with Crippen LogP contribution in [0.4, 0.5) is 0 Å². The highest BCUT2D eigenvalue weighted by molar-refractivity contribution is 7.18. The van der Waals surface area contributed by atoms with Crippen molar-refractivity contribution >= 4 is 21.6 Å². The molecule has 20 heavy (non-hydrogen) atoms. The topological polar surface area (TPSA) is 51.8 Å². The maximum atomic E-state index is 6.30. The number of thiophene rings is 1. The molecule has 0 bridgehead atoms. The Morgan fingerprint density at radius 1 is 1.20 bits per heavy atom. The second kappa shape index (κ2) is 5.69. The van der Waals surface area contributed by atoms with E-state index in [0.717, 1.165) is 34.3 Å². The Hall–Kier alpha value is -1.78. The smallest absolute Gasteiger partial charge is 0.127 e. The first-order chi connectivity index (χ1) is 9.78. The Balaban J connectivity index is 1.92. The number of nitrogens with zero attached hydrogens (tertiary/aromatic N) is 2. The van der Waals surface area contributed by atoms with Crippen molar-refractivity contribution in [2.24, 2.45) is 5.73 Å². The summed E-state index contributed by atoms with van der Waals surface area (Å²) in [4.78, 5) is 11.2. The van der Waals surface area contributed by atoms with Crippen LogP contribution in [0.15, 0.2) is 42.7 Å². The molecule has 0 fully saturated rings. The third kappa shape index (κ3) is 2.57. The summed E-state index contributed by atoms with van der Waals surface area (Å²) in [6, 6.07) is 12.3. The Labute approximate surface area is 122 Å². The minimum Gasteiger partial charge on any atom is -0.324 e. The summed E-state index contributed by atoms with van der Waals surface area (Å²) in [5.74, 6) is 0. The highest BCUT2D eigenvalue weighted by atomic mass is 32.1. The molecule has 0 spiro atoms. The van der Waals surface area contributed by atoms with E-state index in [4.69, 9.17) is 5.73 Å². The molecule has 3 nitrogen and oxygen atoms in total. The van der Waals surface area contributed by atoms with E-state index in [-0.39, 0.29) is 6.04 Å². The predicted molar refractivity (Wildman–Crippen MR) is 83.9 cm³/mol. The Morgan fingerprint density at radius 3 is 2.75 bits per heavy atom. The quantitative estimate of drug-likeness (QED) is 0.797. The first-order valence-corrected chi connectivity index (χ1v) is 7.62. The molecule has 0 aliphatic carbocycles. The van der Waals surface area contributed by atoms with E-state index < -0.39 is 0 Å². The van der Waals surface area contributed by atoms with Crippen molar-refractivity contribution in [2.75, 3.05) is 0 Å². The fourth-order valence-corrected chi connectivity index (χ4v) is 3.27. The first kappa shape index (κ1) is 13.2. The van der Waals surface area contributed by atoms with Crippen LogP contribution in [0.25, 0.3) is 10.2 Å². The van der Waals surface area contributed by atoms with Gasteiger partial charge in [-0.2, -0.15) is 0 Å². The Kier molecular flexibility index (Phi) is 3.76.